The number of hydrogen-bond acceptors (Lipinski definition) is 4. The van der Waals surface area contributed by atoms with Crippen LogP contribution in [0.4, 0.5) is 4.79 Å². The predicted octanol–water partition coefficient (Wildman–Crippen LogP) is 2.22. The van der Waals surface area contributed by atoms with Crippen molar-refractivity contribution in [2.45, 2.75) is 32.7 Å². The number of aryl methyl sites for hydroxylation is 2. The first kappa shape index (κ1) is 17.9. The maximum absolute atomic E-state index is 12.2. The van der Waals surface area contributed by atoms with Crippen molar-refractivity contribution >= 4 is 23.3 Å². The van der Waals surface area contributed by atoms with Gasteiger partial charge >= 0.3 is 6.03 Å². The van der Waals surface area contributed by atoms with E-state index in [1.807, 2.05) is 43.5 Å². The summed E-state index contributed by atoms with van der Waals surface area (Å²) in [4.78, 5) is 27.8. The molecule has 24 heavy (non-hydrogen) atoms. The molecule has 0 aliphatic heterocycles. The molecule has 0 bridgehead atoms. The summed E-state index contributed by atoms with van der Waals surface area (Å²) >= 11 is 1.59. The van der Waals surface area contributed by atoms with Crippen molar-refractivity contribution in [1.82, 2.24) is 15.6 Å². The quantitative estimate of drug-likeness (QED) is 0.717. The van der Waals surface area contributed by atoms with Crippen LogP contribution in [-0.4, -0.2) is 23.5 Å². The smallest absolute Gasteiger partial charge is 0.312 e. The number of amides is 3. The number of nitrogens with two attached hydrogens (primary N) is 1. The molecule has 0 saturated heterocycles. The Morgan fingerprint density at radius 2 is 2.04 bits per heavy atom. The lowest BCUT2D eigenvalue weighted by atomic mass is 9.98. The molecule has 0 spiro atoms. The van der Waals surface area contributed by atoms with Gasteiger partial charge in [-0.25, -0.2) is 9.78 Å². The number of urea groups is 1. The zero-order chi connectivity index (χ0) is 17.5. The number of carbonyl (C=O) groups excluding carboxylic acids is 2. The lowest BCUT2D eigenvalue weighted by Gasteiger charge is -2.19. The summed E-state index contributed by atoms with van der Waals surface area (Å²) in [5.41, 5.74) is 8.11. The van der Waals surface area contributed by atoms with Gasteiger partial charge in [-0.2, -0.15) is 0 Å². The molecule has 2 aromatic rings. The fraction of sp³-hybridized carbons (Fsp3) is 0.353. The van der Waals surface area contributed by atoms with Gasteiger partial charge in [0.1, 0.15) is 0 Å². The Labute approximate surface area is 145 Å². The van der Waals surface area contributed by atoms with Crippen LogP contribution in [-0.2, 0) is 11.2 Å². The number of aromatic nitrogens is 1. The second-order valence-corrected chi connectivity index (χ2v) is 6.64. The van der Waals surface area contributed by atoms with Crippen molar-refractivity contribution in [3.63, 3.8) is 0 Å². The van der Waals surface area contributed by atoms with Crippen LogP contribution < -0.4 is 16.4 Å². The SMILES string of the molecule is Cc1nc(CCNC(=O)C[C@@H](NC(N)=O)c2ccccc2C)cs1. The van der Waals surface area contributed by atoms with Gasteiger partial charge < -0.3 is 16.4 Å². The molecule has 0 saturated carbocycles. The van der Waals surface area contributed by atoms with Crippen LogP contribution in [0.1, 0.15) is 34.3 Å². The van der Waals surface area contributed by atoms with Crippen LogP contribution in [0.5, 0.6) is 0 Å². The Morgan fingerprint density at radius 3 is 2.67 bits per heavy atom. The summed E-state index contributed by atoms with van der Waals surface area (Å²) in [6, 6.07) is 6.53. The van der Waals surface area contributed by atoms with E-state index in [1.54, 1.807) is 11.3 Å². The zero-order valence-electron chi connectivity index (χ0n) is 13.8. The number of nitrogens with zero attached hydrogens (tertiary/aromatic N) is 1. The van der Waals surface area contributed by atoms with E-state index < -0.39 is 12.1 Å². The molecule has 0 aliphatic carbocycles. The van der Waals surface area contributed by atoms with E-state index in [1.165, 1.54) is 0 Å². The summed E-state index contributed by atoms with van der Waals surface area (Å²) in [7, 11) is 0. The average molecular weight is 346 g/mol. The van der Waals surface area contributed by atoms with Gasteiger partial charge in [-0.05, 0) is 25.0 Å². The van der Waals surface area contributed by atoms with Gasteiger partial charge in [0.05, 0.1) is 23.2 Å². The summed E-state index contributed by atoms with van der Waals surface area (Å²) < 4.78 is 0. The van der Waals surface area contributed by atoms with Gasteiger partial charge in [-0.15, -0.1) is 11.3 Å². The average Bonchev–Trinajstić information content (AvgIpc) is 2.92. The maximum atomic E-state index is 12.2. The topological polar surface area (TPSA) is 97.1 Å². The van der Waals surface area contributed by atoms with Gasteiger partial charge in [0.25, 0.3) is 0 Å². The molecule has 6 nitrogen and oxygen atoms in total. The second kappa shape index (κ2) is 8.44. The number of rotatable bonds is 7. The van der Waals surface area contributed by atoms with Crippen molar-refractivity contribution in [1.29, 1.82) is 0 Å². The van der Waals surface area contributed by atoms with E-state index in [4.69, 9.17) is 5.73 Å². The Kier molecular flexibility index (Phi) is 6.31. The molecule has 3 amide bonds. The van der Waals surface area contributed by atoms with Gasteiger partial charge in [0.2, 0.25) is 5.91 Å². The molecular weight excluding hydrogens is 324 g/mol. The van der Waals surface area contributed by atoms with E-state index in [-0.39, 0.29) is 12.3 Å². The molecule has 0 fully saturated rings. The standard InChI is InChI=1S/C17H22N4O2S/c1-11-5-3-4-6-14(11)15(21-17(18)23)9-16(22)19-8-7-13-10-24-12(2)20-13/h3-6,10,15H,7-9H2,1-2H3,(H,19,22)(H3,18,21,23)/t15-/m1/s1. The molecule has 0 aliphatic rings. The van der Waals surface area contributed by atoms with Gasteiger partial charge in [-0.1, -0.05) is 24.3 Å². The summed E-state index contributed by atoms with van der Waals surface area (Å²) in [6.07, 6.45) is 0.832. The Balaban J connectivity index is 1.92. The van der Waals surface area contributed by atoms with Crippen LogP contribution in [0.25, 0.3) is 0 Å². The predicted molar refractivity (Wildman–Crippen MR) is 94.8 cm³/mol. The highest BCUT2D eigenvalue weighted by Crippen LogP contribution is 2.20. The third kappa shape index (κ3) is 5.34. The monoisotopic (exact) mass is 346 g/mol. The van der Waals surface area contributed by atoms with Crippen LogP contribution in [0, 0.1) is 13.8 Å². The highest BCUT2D eigenvalue weighted by molar-refractivity contribution is 7.09. The molecule has 7 heteroatoms. The van der Waals surface area contributed by atoms with Gasteiger partial charge in [0.15, 0.2) is 0 Å². The van der Waals surface area contributed by atoms with Crippen LogP contribution in [0.2, 0.25) is 0 Å². The van der Waals surface area contributed by atoms with Crippen LogP contribution in [0.3, 0.4) is 0 Å². The fourth-order valence-corrected chi connectivity index (χ4v) is 3.15. The maximum Gasteiger partial charge on any atom is 0.312 e. The van der Waals surface area contributed by atoms with Crippen molar-refractivity contribution < 1.29 is 9.59 Å². The molecule has 1 atom stereocenters. The minimum atomic E-state index is -0.644. The van der Waals surface area contributed by atoms with E-state index >= 15 is 0 Å². The Hall–Kier alpha value is -2.41. The van der Waals surface area contributed by atoms with Crippen molar-refractivity contribution in [2.75, 3.05) is 6.54 Å². The third-order valence-electron chi connectivity index (χ3n) is 3.64. The number of thiazole rings is 1. The van der Waals surface area contributed by atoms with Gasteiger partial charge in [-0.3, -0.25) is 4.79 Å². The first-order valence-electron chi connectivity index (χ1n) is 7.75. The molecule has 0 unspecified atom stereocenters. The number of carbonyl (C=O) groups is 2. The van der Waals surface area contributed by atoms with Crippen LogP contribution >= 0.6 is 11.3 Å². The van der Waals surface area contributed by atoms with Crippen molar-refractivity contribution in [3.05, 3.63) is 51.5 Å². The number of benzene rings is 1. The minimum Gasteiger partial charge on any atom is -0.356 e. The van der Waals surface area contributed by atoms with E-state index in [9.17, 15) is 9.59 Å². The summed E-state index contributed by atoms with van der Waals surface area (Å²) in [6.45, 7) is 4.40. The summed E-state index contributed by atoms with van der Waals surface area (Å²) in [5.74, 6) is -0.135. The minimum absolute atomic E-state index is 0.135. The zero-order valence-corrected chi connectivity index (χ0v) is 14.7. The lowest BCUT2D eigenvalue weighted by molar-refractivity contribution is -0.121. The Bertz CT molecular complexity index is 714. The van der Waals surface area contributed by atoms with Crippen LogP contribution in [0.15, 0.2) is 29.6 Å². The molecule has 1 aromatic carbocycles. The van der Waals surface area contributed by atoms with Gasteiger partial charge in [0, 0.05) is 18.3 Å². The first-order chi connectivity index (χ1) is 11.5. The highest BCUT2D eigenvalue weighted by atomic mass is 32.1. The molecule has 4 N–H and O–H groups in total. The molecule has 2 rings (SSSR count). The van der Waals surface area contributed by atoms with Crippen molar-refractivity contribution in [2.24, 2.45) is 5.73 Å². The molecule has 128 valence electrons. The largest absolute Gasteiger partial charge is 0.356 e. The highest BCUT2D eigenvalue weighted by Gasteiger charge is 2.18. The molecule has 1 aromatic heterocycles. The Morgan fingerprint density at radius 1 is 1.29 bits per heavy atom. The van der Waals surface area contributed by atoms with Crippen molar-refractivity contribution in [3.8, 4) is 0 Å². The summed E-state index contributed by atoms with van der Waals surface area (Å²) in [5, 5.41) is 8.52. The number of nitrogens with one attached hydrogen (secondary N) is 2. The molecule has 1 heterocycles. The third-order valence-corrected chi connectivity index (χ3v) is 4.46. The first-order valence-corrected chi connectivity index (χ1v) is 8.63. The van der Waals surface area contributed by atoms with E-state index in [2.05, 4.69) is 15.6 Å². The number of hydrogen-bond donors (Lipinski definition) is 3. The fourth-order valence-electron chi connectivity index (χ4n) is 2.50. The lowest BCUT2D eigenvalue weighted by Crippen LogP contribution is -2.37. The molecular formula is C17H22N4O2S. The second-order valence-electron chi connectivity index (χ2n) is 5.58. The van der Waals surface area contributed by atoms with E-state index in [0.29, 0.717) is 13.0 Å². The normalized spacial score (nSPS) is 11.8. The molecule has 0 radical (unpaired) electrons. The van der Waals surface area contributed by atoms with E-state index in [0.717, 1.165) is 21.8 Å². The number of primary amides is 1.